The number of nitrogens with one attached hydrogen (secondary N) is 1. The van der Waals surface area contributed by atoms with Crippen LogP contribution in [-0.2, 0) is 0 Å². The molecule has 0 amide bonds. The van der Waals surface area contributed by atoms with Crippen molar-refractivity contribution in [2.45, 2.75) is 47.0 Å². The van der Waals surface area contributed by atoms with Crippen LogP contribution in [0.15, 0.2) is 0 Å². The molecule has 0 fully saturated rings. The van der Waals surface area contributed by atoms with Gasteiger partial charge in [0.25, 0.3) is 0 Å². The zero-order valence-corrected chi connectivity index (χ0v) is 11.8. The van der Waals surface area contributed by atoms with Gasteiger partial charge in [-0.1, -0.05) is 27.7 Å². The minimum atomic E-state index is 1.09. The van der Waals surface area contributed by atoms with Gasteiger partial charge in [-0.2, -0.15) is 0 Å². The van der Waals surface area contributed by atoms with Crippen LogP contribution in [0.4, 0.5) is 0 Å². The predicted octanol–water partition coefficient (Wildman–Crippen LogP) is 2.34. The van der Waals surface area contributed by atoms with Crippen LogP contribution in [-0.4, -0.2) is 49.2 Å². The minimum Gasteiger partial charge on any atom is -0.303 e. The zero-order chi connectivity index (χ0) is 12.2. The monoisotopic (exact) mass is 229 g/mol. The number of hydrogen-bond donors (Lipinski definition) is 1. The predicted molar refractivity (Wildman–Crippen MR) is 72.6 cm³/mol. The fourth-order valence-corrected chi connectivity index (χ4v) is 1.95. The van der Waals surface area contributed by atoms with Crippen molar-refractivity contribution in [2.75, 3.05) is 39.3 Å². The van der Waals surface area contributed by atoms with E-state index in [-0.39, 0.29) is 0 Å². The third-order valence-electron chi connectivity index (χ3n) is 2.83. The Labute approximate surface area is 102 Å². The van der Waals surface area contributed by atoms with Crippen molar-refractivity contribution < 1.29 is 0 Å². The highest BCUT2D eigenvalue weighted by Crippen LogP contribution is 1.95. The van der Waals surface area contributed by atoms with E-state index in [2.05, 4.69) is 43.0 Å². The standard InChI is InChI=1S/C13H31N3/c1-5-11-15(12-6-2)13-9-10-14-16(7-3)8-4/h14H,5-13H2,1-4H3. The first-order valence-corrected chi connectivity index (χ1v) is 6.99. The fourth-order valence-electron chi connectivity index (χ4n) is 1.95. The molecule has 0 unspecified atom stereocenters. The average Bonchev–Trinajstić information content (AvgIpc) is 2.30. The molecule has 0 aliphatic heterocycles. The molecule has 0 bridgehead atoms. The summed E-state index contributed by atoms with van der Waals surface area (Å²) in [6, 6.07) is 0. The Bertz CT molecular complexity index is 129. The first kappa shape index (κ1) is 15.9. The molecular weight excluding hydrogens is 198 g/mol. The van der Waals surface area contributed by atoms with Crippen LogP contribution in [0.2, 0.25) is 0 Å². The van der Waals surface area contributed by atoms with Crippen LogP contribution < -0.4 is 5.43 Å². The van der Waals surface area contributed by atoms with Gasteiger partial charge in [-0.3, -0.25) is 5.43 Å². The molecular formula is C13H31N3. The van der Waals surface area contributed by atoms with Gasteiger partial charge in [0, 0.05) is 19.6 Å². The van der Waals surface area contributed by atoms with Gasteiger partial charge in [0.15, 0.2) is 0 Å². The molecule has 0 saturated heterocycles. The summed E-state index contributed by atoms with van der Waals surface area (Å²) >= 11 is 0. The first-order chi connectivity index (χ1) is 7.78. The van der Waals surface area contributed by atoms with Crippen LogP contribution >= 0.6 is 0 Å². The SMILES string of the molecule is CCCN(CCC)CCCNN(CC)CC. The third-order valence-corrected chi connectivity index (χ3v) is 2.83. The maximum atomic E-state index is 3.47. The van der Waals surface area contributed by atoms with Gasteiger partial charge < -0.3 is 4.90 Å². The highest BCUT2D eigenvalue weighted by atomic mass is 15.5. The van der Waals surface area contributed by atoms with E-state index in [1.807, 2.05) is 0 Å². The summed E-state index contributed by atoms with van der Waals surface area (Å²) in [5.74, 6) is 0. The number of hydrazine groups is 1. The summed E-state index contributed by atoms with van der Waals surface area (Å²) in [6.45, 7) is 15.9. The lowest BCUT2D eigenvalue weighted by Gasteiger charge is -2.23. The molecule has 3 nitrogen and oxygen atoms in total. The second-order valence-corrected chi connectivity index (χ2v) is 4.28. The molecule has 0 heterocycles. The van der Waals surface area contributed by atoms with Crippen LogP contribution in [0.1, 0.15) is 47.0 Å². The highest BCUT2D eigenvalue weighted by molar-refractivity contribution is 4.57. The third kappa shape index (κ3) is 8.08. The fraction of sp³-hybridized carbons (Fsp3) is 1.00. The smallest absolute Gasteiger partial charge is 0.0114 e. The van der Waals surface area contributed by atoms with Crippen LogP contribution in [0.25, 0.3) is 0 Å². The summed E-state index contributed by atoms with van der Waals surface area (Å²) in [5, 5.41) is 2.27. The lowest BCUT2D eigenvalue weighted by molar-refractivity contribution is 0.197. The second kappa shape index (κ2) is 11.4. The van der Waals surface area contributed by atoms with E-state index in [1.165, 1.54) is 38.9 Å². The summed E-state index contributed by atoms with van der Waals surface area (Å²) < 4.78 is 0. The van der Waals surface area contributed by atoms with Crippen molar-refractivity contribution in [3.63, 3.8) is 0 Å². The first-order valence-electron chi connectivity index (χ1n) is 6.99. The van der Waals surface area contributed by atoms with Crippen LogP contribution in [0.3, 0.4) is 0 Å². The summed E-state index contributed by atoms with van der Waals surface area (Å²) in [6.07, 6.45) is 3.78. The van der Waals surface area contributed by atoms with Crippen molar-refractivity contribution in [1.29, 1.82) is 0 Å². The molecule has 3 heteroatoms. The molecule has 0 aromatic heterocycles. The van der Waals surface area contributed by atoms with Gasteiger partial charge in [-0.25, -0.2) is 5.01 Å². The number of hydrogen-bond acceptors (Lipinski definition) is 3. The Morgan fingerprint density at radius 3 is 1.81 bits per heavy atom. The van der Waals surface area contributed by atoms with E-state index >= 15 is 0 Å². The summed E-state index contributed by atoms with van der Waals surface area (Å²) in [4.78, 5) is 2.57. The van der Waals surface area contributed by atoms with Crippen molar-refractivity contribution in [3.8, 4) is 0 Å². The van der Waals surface area contributed by atoms with Crippen molar-refractivity contribution in [2.24, 2.45) is 0 Å². The Kier molecular flexibility index (Phi) is 11.3. The molecule has 1 N–H and O–H groups in total. The topological polar surface area (TPSA) is 18.5 Å². The van der Waals surface area contributed by atoms with E-state index in [0.29, 0.717) is 0 Å². The molecule has 0 aromatic carbocycles. The van der Waals surface area contributed by atoms with Crippen LogP contribution in [0, 0.1) is 0 Å². The molecule has 0 aliphatic rings. The van der Waals surface area contributed by atoms with Crippen molar-refractivity contribution >= 4 is 0 Å². The number of nitrogens with zero attached hydrogens (tertiary/aromatic N) is 2. The quantitative estimate of drug-likeness (QED) is 0.433. The maximum absolute atomic E-state index is 3.47. The van der Waals surface area contributed by atoms with Crippen LogP contribution in [0.5, 0.6) is 0 Å². The Morgan fingerprint density at radius 2 is 1.38 bits per heavy atom. The molecule has 0 aromatic rings. The molecule has 98 valence electrons. The second-order valence-electron chi connectivity index (χ2n) is 4.28. The van der Waals surface area contributed by atoms with E-state index in [4.69, 9.17) is 0 Å². The Balaban J connectivity index is 3.52. The molecule has 0 saturated carbocycles. The van der Waals surface area contributed by atoms with Gasteiger partial charge in [-0.05, 0) is 38.9 Å². The Hall–Kier alpha value is -0.120. The summed E-state index contributed by atoms with van der Waals surface area (Å²) in [5.41, 5.74) is 3.47. The van der Waals surface area contributed by atoms with E-state index < -0.39 is 0 Å². The molecule has 0 spiro atoms. The largest absolute Gasteiger partial charge is 0.303 e. The van der Waals surface area contributed by atoms with Gasteiger partial charge in [0.05, 0.1) is 0 Å². The average molecular weight is 229 g/mol. The number of rotatable bonds is 11. The molecule has 0 rings (SSSR count). The Morgan fingerprint density at radius 1 is 0.812 bits per heavy atom. The maximum Gasteiger partial charge on any atom is 0.0114 e. The van der Waals surface area contributed by atoms with Crippen molar-refractivity contribution in [1.82, 2.24) is 15.3 Å². The normalized spacial score (nSPS) is 11.6. The van der Waals surface area contributed by atoms with E-state index in [0.717, 1.165) is 19.6 Å². The summed E-state index contributed by atoms with van der Waals surface area (Å²) in [7, 11) is 0. The van der Waals surface area contributed by atoms with E-state index in [1.54, 1.807) is 0 Å². The highest BCUT2D eigenvalue weighted by Gasteiger charge is 2.02. The van der Waals surface area contributed by atoms with E-state index in [9.17, 15) is 0 Å². The van der Waals surface area contributed by atoms with Crippen molar-refractivity contribution in [3.05, 3.63) is 0 Å². The molecule has 0 atom stereocenters. The molecule has 16 heavy (non-hydrogen) atoms. The zero-order valence-electron chi connectivity index (χ0n) is 11.8. The molecule has 0 aliphatic carbocycles. The van der Waals surface area contributed by atoms with Gasteiger partial charge in [0.2, 0.25) is 0 Å². The van der Waals surface area contributed by atoms with Gasteiger partial charge in [0.1, 0.15) is 0 Å². The van der Waals surface area contributed by atoms with Gasteiger partial charge in [-0.15, -0.1) is 0 Å². The molecule has 0 radical (unpaired) electrons. The van der Waals surface area contributed by atoms with Gasteiger partial charge >= 0.3 is 0 Å². The minimum absolute atomic E-state index is 1.09. The lowest BCUT2D eigenvalue weighted by atomic mass is 10.3. The lowest BCUT2D eigenvalue weighted by Crippen LogP contribution is -2.39.